The lowest BCUT2D eigenvalue weighted by Crippen LogP contribution is -2.11. The lowest BCUT2D eigenvalue weighted by molar-refractivity contribution is -0.136. The maximum absolute atomic E-state index is 11.4. The van der Waals surface area contributed by atoms with Gasteiger partial charge < -0.3 is 4.74 Å². The van der Waals surface area contributed by atoms with E-state index in [1.54, 1.807) is 0 Å². The van der Waals surface area contributed by atoms with Gasteiger partial charge in [-0.3, -0.25) is 0 Å². The van der Waals surface area contributed by atoms with Gasteiger partial charge in [0.15, 0.2) is 0 Å². The summed E-state index contributed by atoms with van der Waals surface area (Å²) in [5.41, 5.74) is 2.85. The summed E-state index contributed by atoms with van der Waals surface area (Å²) in [6.45, 7) is 7.90. The Morgan fingerprint density at radius 3 is 2.38 bits per heavy atom. The summed E-state index contributed by atoms with van der Waals surface area (Å²) in [7, 11) is 1.38. The average Bonchev–Trinajstić information content (AvgIpc) is 2.31. The predicted octanol–water partition coefficient (Wildman–Crippen LogP) is 3.22. The number of carbonyl (C=O) groups excluding carboxylic acids is 1. The van der Waals surface area contributed by atoms with Crippen LogP contribution >= 0.6 is 0 Å². The minimum atomic E-state index is -0.326. The molecule has 2 heteroatoms. The van der Waals surface area contributed by atoms with Gasteiger partial charge in [0.2, 0.25) is 0 Å². The molecule has 1 atom stereocenters. The summed E-state index contributed by atoms with van der Waals surface area (Å²) in [6.07, 6.45) is 0.844. The van der Waals surface area contributed by atoms with Gasteiger partial charge in [-0.2, -0.15) is 0 Å². The van der Waals surface area contributed by atoms with Crippen molar-refractivity contribution < 1.29 is 9.53 Å². The van der Waals surface area contributed by atoms with Gasteiger partial charge in [-0.05, 0) is 18.9 Å². The van der Waals surface area contributed by atoms with Crippen molar-refractivity contribution in [1.29, 1.82) is 0 Å². The number of hydrogen-bond donors (Lipinski definition) is 0. The number of carbonyl (C=O) groups is 1. The molecule has 0 saturated carbocycles. The summed E-state index contributed by atoms with van der Waals surface area (Å²) in [5.74, 6) is -0.277. The minimum Gasteiger partial charge on any atom is -0.466 e. The second-order valence-corrected chi connectivity index (χ2v) is 3.89. The van der Waals surface area contributed by atoms with Crippen molar-refractivity contribution in [2.24, 2.45) is 0 Å². The number of methoxy groups -OCH3 is 1. The van der Waals surface area contributed by atoms with Gasteiger partial charge in [-0.1, -0.05) is 43.3 Å². The van der Waals surface area contributed by atoms with Crippen molar-refractivity contribution in [3.8, 4) is 0 Å². The Morgan fingerprint density at radius 2 is 1.94 bits per heavy atom. The van der Waals surface area contributed by atoms with E-state index in [-0.39, 0.29) is 11.9 Å². The van der Waals surface area contributed by atoms with Crippen molar-refractivity contribution in [2.75, 3.05) is 7.11 Å². The van der Waals surface area contributed by atoms with Crippen LogP contribution < -0.4 is 0 Å². The molecule has 16 heavy (non-hydrogen) atoms. The van der Waals surface area contributed by atoms with Crippen molar-refractivity contribution in [3.05, 3.63) is 47.5 Å². The highest BCUT2D eigenvalue weighted by Crippen LogP contribution is 2.27. The Labute approximate surface area is 96.9 Å². The first-order chi connectivity index (χ1) is 7.60. The normalized spacial score (nSPS) is 11.9. The second kappa shape index (κ2) is 5.50. The standard InChI is InChI=1S/C14H18O2/c1-5-13(11(3)14(15)16-4)12-8-6-10(2)7-9-12/h6-9,13H,3,5H2,1-2,4H3. The zero-order chi connectivity index (χ0) is 12.1. The maximum Gasteiger partial charge on any atom is 0.333 e. The van der Waals surface area contributed by atoms with Gasteiger partial charge in [0.05, 0.1) is 7.11 Å². The summed E-state index contributed by atoms with van der Waals surface area (Å²) in [4.78, 5) is 11.4. The number of hydrogen-bond acceptors (Lipinski definition) is 2. The van der Waals surface area contributed by atoms with Crippen molar-refractivity contribution >= 4 is 5.97 Å². The van der Waals surface area contributed by atoms with Gasteiger partial charge >= 0.3 is 5.97 Å². The van der Waals surface area contributed by atoms with E-state index in [1.807, 2.05) is 38.1 Å². The first-order valence-electron chi connectivity index (χ1n) is 5.43. The summed E-state index contributed by atoms with van der Waals surface area (Å²) in [6, 6.07) is 8.17. The van der Waals surface area contributed by atoms with E-state index in [2.05, 4.69) is 6.58 Å². The number of ether oxygens (including phenoxy) is 1. The molecule has 1 aromatic rings. The third kappa shape index (κ3) is 2.72. The molecule has 1 aromatic carbocycles. The Bertz CT molecular complexity index is 376. The highest BCUT2D eigenvalue weighted by atomic mass is 16.5. The van der Waals surface area contributed by atoms with Crippen LogP contribution in [0.15, 0.2) is 36.4 Å². The first kappa shape index (κ1) is 12.5. The molecule has 0 heterocycles. The van der Waals surface area contributed by atoms with Gasteiger partial charge in [0.25, 0.3) is 0 Å². The van der Waals surface area contributed by atoms with Crippen LogP contribution in [0.1, 0.15) is 30.4 Å². The van der Waals surface area contributed by atoms with E-state index in [4.69, 9.17) is 4.74 Å². The topological polar surface area (TPSA) is 26.3 Å². The Hall–Kier alpha value is -1.57. The van der Waals surface area contributed by atoms with Crippen LogP contribution in [-0.2, 0) is 9.53 Å². The third-order valence-corrected chi connectivity index (χ3v) is 2.76. The van der Waals surface area contributed by atoms with Gasteiger partial charge in [-0.15, -0.1) is 0 Å². The summed E-state index contributed by atoms with van der Waals surface area (Å²) >= 11 is 0. The van der Waals surface area contributed by atoms with Gasteiger partial charge in [0, 0.05) is 11.5 Å². The molecule has 0 aromatic heterocycles. The van der Waals surface area contributed by atoms with E-state index >= 15 is 0 Å². The average molecular weight is 218 g/mol. The van der Waals surface area contributed by atoms with Crippen molar-refractivity contribution in [1.82, 2.24) is 0 Å². The van der Waals surface area contributed by atoms with Crippen molar-refractivity contribution in [3.63, 3.8) is 0 Å². The fourth-order valence-corrected chi connectivity index (χ4v) is 1.76. The second-order valence-electron chi connectivity index (χ2n) is 3.89. The van der Waals surface area contributed by atoms with E-state index in [1.165, 1.54) is 12.7 Å². The molecule has 0 aliphatic heterocycles. The lowest BCUT2D eigenvalue weighted by Gasteiger charge is -2.16. The zero-order valence-electron chi connectivity index (χ0n) is 10.1. The van der Waals surface area contributed by atoms with Crippen LogP contribution in [0.25, 0.3) is 0 Å². The molecule has 0 saturated heterocycles. The number of benzene rings is 1. The van der Waals surface area contributed by atoms with Crippen LogP contribution in [0.3, 0.4) is 0 Å². The van der Waals surface area contributed by atoms with Crippen LogP contribution in [0.4, 0.5) is 0 Å². The minimum absolute atomic E-state index is 0.0491. The van der Waals surface area contributed by atoms with Crippen LogP contribution in [0, 0.1) is 6.92 Å². The van der Waals surface area contributed by atoms with E-state index in [9.17, 15) is 4.79 Å². The smallest absolute Gasteiger partial charge is 0.333 e. The monoisotopic (exact) mass is 218 g/mol. The number of rotatable bonds is 4. The zero-order valence-corrected chi connectivity index (χ0v) is 10.1. The highest BCUT2D eigenvalue weighted by Gasteiger charge is 2.19. The van der Waals surface area contributed by atoms with Crippen LogP contribution in [0.5, 0.6) is 0 Å². The fraction of sp³-hybridized carbons (Fsp3) is 0.357. The molecule has 86 valence electrons. The molecule has 0 radical (unpaired) electrons. The first-order valence-corrected chi connectivity index (χ1v) is 5.43. The molecule has 2 nitrogen and oxygen atoms in total. The molecule has 0 aliphatic carbocycles. The summed E-state index contributed by atoms with van der Waals surface area (Å²) < 4.78 is 4.70. The molecule has 0 aliphatic rings. The number of aryl methyl sites for hydroxylation is 1. The Morgan fingerprint density at radius 1 is 1.38 bits per heavy atom. The molecule has 0 fully saturated rings. The number of esters is 1. The predicted molar refractivity (Wildman–Crippen MR) is 65.4 cm³/mol. The SMILES string of the molecule is C=C(C(=O)OC)C(CC)c1ccc(C)cc1. The van der Waals surface area contributed by atoms with Gasteiger partial charge in [-0.25, -0.2) is 4.79 Å². The van der Waals surface area contributed by atoms with Crippen molar-refractivity contribution in [2.45, 2.75) is 26.2 Å². The quantitative estimate of drug-likeness (QED) is 0.573. The fourth-order valence-electron chi connectivity index (χ4n) is 1.76. The maximum atomic E-state index is 11.4. The van der Waals surface area contributed by atoms with Crippen LogP contribution in [0.2, 0.25) is 0 Å². The molecule has 1 unspecified atom stereocenters. The molecule has 1 rings (SSSR count). The highest BCUT2D eigenvalue weighted by molar-refractivity contribution is 5.89. The molecular weight excluding hydrogens is 200 g/mol. The van der Waals surface area contributed by atoms with E-state index in [0.717, 1.165) is 12.0 Å². The molecule has 0 N–H and O–H groups in total. The van der Waals surface area contributed by atoms with E-state index < -0.39 is 0 Å². The molecule has 0 amide bonds. The Kier molecular flexibility index (Phi) is 4.29. The lowest BCUT2D eigenvalue weighted by atomic mass is 9.89. The largest absolute Gasteiger partial charge is 0.466 e. The summed E-state index contributed by atoms with van der Waals surface area (Å²) in [5, 5.41) is 0. The van der Waals surface area contributed by atoms with Gasteiger partial charge in [0.1, 0.15) is 0 Å². The molecule has 0 bridgehead atoms. The third-order valence-electron chi connectivity index (χ3n) is 2.76. The molecule has 0 spiro atoms. The Balaban J connectivity index is 2.94. The van der Waals surface area contributed by atoms with Crippen LogP contribution in [-0.4, -0.2) is 13.1 Å². The molecular formula is C14H18O2. The van der Waals surface area contributed by atoms with E-state index in [0.29, 0.717) is 5.57 Å².